The van der Waals surface area contributed by atoms with Gasteiger partial charge in [-0.25, -0.2) is 0 Å². The molecule has 1 rings (SSSR count). The predicted octanol–water partition coefficient (Wildman–Crippen LogP) is 2.46. The zero-order chi connectivity index (χ0) is 8.69. The maximum absolute atomic E-state index is 8.36. The highest BCUT2D eigenvalue weighted by molar-refractivity contribution is 9.10. The molecule has 0 atom stereocenters. The van der Waals surface area contributed by atoms with Gasteiger partial charge < -0.3 is 5.11 Å². The molecule has 0 aliphatic rings. The van der Waals surface area contributed by atoms with Gasteiger partial charge in [0.05, 0.1) is 0 Å². The maximum Gasteiger partial charge on any atom is 0.290 e. The van der Waals surface area contributed by atoms with E-state index in [1.54, 1.807) is 0 Å². The van der Waals surface area contributed by atoms with Crippen molar-refractivity contribution in [2.75, 3.05) is 0 Å². The Morgan fingerprint density at radius 3 is 2.36 bits per heavy atom. The number of benzene rings is 1. The Kier molecular flexibility index (Phi) is 5.47. The number of carboxylic acid groups (broad SMARTS) is 1. The van der Waals surface area contributed by atoms with Crippen LogP contribution in [-0.2, 0) is 4.79 Å². The Bertz CT molecular complexity index is 206. The lowest BCUT2D eigenvalue weighted by Crippen LogP contribution is -1.67. The first-order chi connectivity index (χ1) is 5.20. The van der Waals surface area contributed by atoms with E-state index in [2.05, 4.69) is 35.0 Å². The fraction of sp³-hybridized carbons (Fsp3) is 0.125. The van der Waals surface area contributed by atoms with Crippen LogP contribution in [0.1, 0.15) is 5.56 Å². The molecule has 0 saturated carbocycles. The second kappa shape index (κ2) is 5.92. The summed E-state index contributed by atoms with van der Waals surface area (Å²) in [6.45, 7) is 1.82. The number of rotatable bonds is 0. The molecule has 2 nitrogen and oxygen atoms in total. The van der Waals surface area contributed by atoms with Crippen LogP contribution in [0.3, 0.4) is 0 Å². The van der Waals surface area contributed by atoms with Gasteiger partial charge in [-0.1, -0.05) is 33.6 Å². The topological polar surface area (TPSA) is 37.3 Å². The third-order valence-corrected chi connectivity index (χ3v) is 1.47. The van der Waals surface area contributed by atoms with E-state index in [0.29, 0.717) is 0 Å². The van der Waals surface area contributed by atoms with Crippen molar-refractivity contribution in [3.05, 3.63) is 34.3 Å². The van der Waals surface area contributed by atoms with Gasteiger partial charge in [-0.05, 0) is 19.1 Å². The molecule has 0 heterocycles. The van der Waals surface area contributed by atoms with Gasteiger partial charge in [-0.3, -0.25) is 4.79 Å². The van der Waals surface area contributed by atoms with E-state index < -0.39 is 0 Å². The minimum absolute atomic E-state index is 0.250. The second-order valence-electron chi connectivity index (χ2n) is 1.90. The molecule has 0 spiro atoms. The zero-order valence-corrected chi connectivity index (χ0v) is 7.71. The molecule has 1 aromatic rings. The lowest BCUT2D eigenvalue weighted by molar-refractivity contribution is -0.122. The van der Waals surface area contributed by atoms with Crippen LogP contribution >= 0.6 is 15.9 Å². The molecule has 0 aliphatic heterocycles. The summed E-state index contributed by atoms with van der Waals surface area (Å²) in [5, 5.41) is 6.89. The molecule has 0 aromatic heterocycles. The molecule has 0 amide bonds. The number of aryl methyl sites for hydroxylation is 1. The van der Waals surface area contributed by atoms with Gasteiger partial charge in [0.15, 0.2) is 0 Å². The van der Waals surface area contributed by atoms with Crippen LogP contribution in [0.15, 0.2) is 28.7 Å². The van der Waals surface area contributed by atoms with Gasteiger partial charge in [0.25, 0.3) is 6.47 Å². The van der Waals surface area contributed by atoms with Crippen molar-refractivity contribution in [1.82, 2.24) is 0 Å². The number of hydrogen-bond acceptors (Lipinski definition) is 1. The summed E-state index contributed by atoms with van der Waals surface area (Å²) in [4.78, 5) is 8.36. The summed E-state index contributed by atoms with van der Waals surface area (Å²) in [5.74, 6) is 0. The monoisotopic (exact) mass is 216 g/mol. The Hall–Kier alpha value is -0.830. The third kappa shape index (κ3) is 5.61. The second-order valence-corrected chi connectivity index (χ2v) is 2.82. The Morgan fingerprint density at radius 1 is 1.55 bits per heavy atom. The summed E-state index contributed by atoms with van der Waals surface area (Å²) in [5.41, 5.74) is 1.29. The SMILES string of the molecule is Cc1cccc(Br)c1.O=CO. The average molecular weight is 217 g/mol. The molecule has 0 radical (unpaired) electrons. The lowest BCUT2D eigenvalue weighted by atomic mass is 10.2. The lowest BCUT2D eigenvalue weighted by Gasteiger charge is -1.89. The van der Waals surface area contributed by atoms with Gasteiger partial charge in [0.1, 0.15) is 0 Å². The van der Waals surface area contributed by atoms with Crippen LogP contribution in [0, 0.1) is 6.92 Å². The Balaban J connectivity index is 0.000000292. The summed E-state index contributed by atoms with van der Waals surface area (Å²) < 4.78 is 1.15. The van der Waals surface area contributed by atoms with Gasteiger partial charge in [0.2, 0.25) is 0 Å². The highest BCUT2D eigenvalue weighted by Crippen LogP contribution is 2.09. The number of carbonyl (C=O) groups is 1. The summed E-state index contributed by atoms with van der Waals surface area (Å²) in [6.07, 6.45) is 0. The van der Waals surface area contributed by atoms with E-state index in [1.165, 1.54) is 5.56 Å². The van der Waals surface area contributed by atoms with Gasteiger partial charge in [-0.15, -0.1) is 0 Å². The largest absolute Gasteiger partial charge is 0.483 e. The van der Waals surface area contributed by atoms with E-state index in [1.807, 2.05) is 12.1 Å². The van der Waals surface area contributed by atoms with Crippen molar-refractivity contribution >= 4 is 22.4 Å². The Morgan fingerprint density at radius 2 is 2.09 bits per heavy atom. The normalized spacial score (nSPS) is 7.82. The first kappa shape index (κ1) is 10.2. The molecule has 11 heavy (non-hydrogen) atoms. The quantitative estimate of drug-likeness (QED) is 0.677. The van der Waals surface area contributed by atoms with Gasteiger partial charge >= 0.3 is 0 Å². The van der Waals surface area contributed by atoms with Crippen LogP contribution in [-0.4, -0.2) is 11.6 Å². The Labute approximate surface area is 74.0 Å². The van der Waals surface area contributed by atoms with Crippen LogP contribution in [0.2, 0.25) is 0 Å². The van der Waals surface area contributed by atoms with Crippen molar-refractivity contribution in [2.45, 2.75) is 6.92 Å². The van der Waals surface area contributed by atoms with E-state index in [-0.39, 0.29) is 6.47 Å². The maximum atomic E-state index is 8.36. The minimum Gasteiger partial charge on any atom is -0.483 e. The molecule has 3 heteroatoms. The zero-order valence-electron chi connectivity index (χ0n) is 6.12. The first-order valence-electron chi connectivity index (χ1n) is 3.00. The standard InChI is InChI=1S/C7H7Br.CH2O2/c1-6-3-2-4-7(8)5-6;2-1-3/h2-5H,1H3;1H,(H,2,3). The molecule has 1 aromatic carbocycles. The van der Waals surface area contributed by atoms with E-state index in [0.717, 1.165) is 4.47 Å². The molecule has 0 bridgehead atoms. The fourth-order valence-electron chi connectivity index (χ4n) is 0.606. The first-order valence-corrected chi connectivity index (χ1v) is 3.80. The summed E-state index contributed by atoms with van der Waals surface area (Å²) >= 11 is 3.36. The van der Waals surface area contributed by atoms with Gasteiger partial charge in [-0.2, -0.15) is 0 Å². The molecular formula is C8H9BrO2. The fourth-order valence-corrected chi connectivity index (χ4v) is 1.12. The molecule has 0 saturated heterocycles. The number of hydrogen-bond donors (Lipinski definition) is 1. The highest BCUT2D eigenvalue weighted by Gasteiger charge is 1.82. The van der Waals surface area contributed by atoms with Gasteiger partial charge in [0, 0.05) is 4.47 Å². The van der Waals surface area contributed by atoms with Crippen molar-refractivity contribution < 1.29 is 9.90 Å². The smallest absolute Gasteiger partial charge is 0.290 e. The van der Waals surface area contributed by atoms with Crippen molar-refractivity contribution in [3.8, 4) is 0 Å². The van der Waals surface area contributed by atoms with Crippen LogP contribution in [0.25, 0.3) is 0 Å². The molecule has 0 fully saturated rings. The molecule has 0 unspecified atom stereocenters. The van der Waals surface area contributed by atoms with Crippen LogP contribution in [0.5, 0.6) is 0 Å². The van der Waals surface area contributed by atoms with Crippen molar-refractivity contribution in [1.29, 1.82) is 0 Å². The van der Waals surface area contributed by atoms with Crippen molar-refractivity contribution in [2.24, 2.45) is 0 Å². The highest BCUT2D eigenvalue weighted by atomic mass is 79.9. The molecular weight excluding hydrogens is 208 g/mol. The minimum atomic E-state index is -0.250. The predicted molar refractivity (Wildman–Crippen MR) is 47.6 cm³/mol. The van der Waals surface area contributed by atoms with Crippen molar-refractivity contribution in [3.63, 3.8) is 0 Å². The summed E-state index contributed by atoms with van der Waals surface area (Å²) in [7, 11) is 0. The number of halogens is 1. The van der Waals surface area contributed by atoms with E-state index in [9.17, 15) is 0 Å². The van der Waals surface area contributed by atoms with E-state index in [4.69, 9.17) is 9.90 Å². The summed E-state index contributed by atoms with van der Waals surface area (Å²) in [6, 6.07) is 8.21. The average Bonchev–Trinajstić information content (AvgIpc) is 1.88. The molecule has 1 N–H and O–H groups in total. The molecule has 60 valence electrons. The van der Waals surface area contributed by atoms with Crippen LogP contribution < -0.4 is 0 Å². The molecule has 0 aliphatic carbocycles. The third-order valence-electron chi connectivity index (χ3n) is 0.980. The van der Waals surface area contributed by atoms with Crippen LogP contribution in [0.4, 0.5) is 0 Å². The van der Waals surface area contributed by atoms with E-state index >= 15 is 0 Å².